The molecule has 7 heteroatoms. The number of aromatic nitrogens is 3. The van der Waals surface area contributed by atoms with Crippen molar-refractivity contribution >= 4 is 43.2 Å². The van der Waals surface area contributed by atoms with Gasteiger partial charge in [-0.25, -0.2) is 4.68 Å². The van der Waals surface area contributed by atoms with E-state index in [1.165, 1.54) is 4.88 Å². The largest absolute Gasteiger partial charge is 0.304 e. The Kier molecular flexibility index (Phi) is 4.94. The maximum Gasteiger partial charge on any atom is 0.153 e. The number of rotatable bonds is 5. The van der Waals surface area contributed by atoms with Crippen molar-refractivity contribution in [1.29, 1.82) is 0 Å². The van der Waals surface area contributed by atoms with E-state index in [2.05, 4.69) is 65.9 Å². The van der Waals surface area contributed by atoms with Crippen LogP contribution in [0.4, 0.5) is 0 Å². The maximum absolute atomic E-state index is 4.06. The van der Waals surface area contributed by atoms with Gasteiger partial charge in [0.05, 0.1) is 11.7 Å². The van der Waals surface area contributed by atoms with Gasteiger partial charge in [0, 0.05) is 16.4 Å². The van der Waals surface area contributed by atoms with Crippen molar-refractivity contribution in [3.63, 3.8) is 0 Å². The van der Waals surface area contributed by atoms with E-state index in [0.717, 1.165) is 27.7 Å². The van der Waals surface area contributed by atoms with Gasteiger partial charge in [-0.3, -0.25) is 0 Å². The highest BCUT2D eigenvalue weighted by molar-refractivity contribution is 9.10. The van der Waals surface area contributed by atoms with Gasteiger partial charge in [0.2, 0.25) is 0 Å². The molecule has 1 atom stereocenters. The highest BCUT2D eigenvalue weighted by atomic mass is 79.9. The van der Waals surface area contributed by atoms with Crippen molar-refractivity contribution in [1.82, 2.24) is 20.3 Å². The van der Waals surface area contributed by atoms with Crippen LogP contribution in [0.25, 0.3) is 0 Å². The van der Waals surface area contributed by atoms with Crippen LogP contribution in [0.5, 0.6) is 0 Å². The molecule has 0 spiro atoms. The normalized spacial score (nSPS) is 12.9. The Balaban J connectivity index is 2.40. The molecule has 0 aliphatic rings. The number of halogens is 2. The average Bonchev–Trinajstić information content (AvgIpc) is 2.90. The van der Waals surface area contributed by atoms with E-state index in [0.29, 0.717) is 0 Å². The minimum absolute atomic E-state index is 0.105. The minimum Gasteiger partial charge on any atom is -0.304 e. The summed E-state index contributed by atoms with van der Waals surface area (Å²) >= 11 is 8.80. The fraction of sp³-hybridized carbons (Fsp3) is 0.455. The smallest absolute Gasteiger partial charge is 0.153 e. The number of nitrogens with zero attached hydrogens (tertiary/aromatic N) is 3. The molecule has 0 aliphatic carbocycles. The van der Waals surface area contributed by atoms with Gasteiger partial charge in [-0.15, -0.1) is 16.4 Å². The number of hydrogen-bond donors (Lipinski definition) is 1. The molecule has 0 amide bonds. The quantitative estimate of drug-likeness (QED) is 0.845. The van der Waals surface area contributed by atoms with Crippen LogP contribution in [0.2, 0.25) is 0 Å². The lowest BCUT2D eigenvalue weighted by atomic mass is 10.1. The van der Waals surface area contributed by atoms with Gasteiger partial charge in [-0.1, -0.05) is 12.1 Å². The Hall–Kier alpha value is -0.240. The van der Waals surface area contributed by atoms with Crippen molar-refractivity contribution in [3.05, 3.63) is 31.1 Å². The van der Waals surface area contributed by atoms with E-state index >= 15 is 0 Å². The second-order valence-electron chi connectivity index (χ2n) is 3.91. The predicted octanol–water partition coefficient (Wildman–Crippen LogP) is 3.49. The third-order valence-corrected chi connectivity index (χ3v) is 5.11. The third kappa shape index (κ3) is 2.84. The van der Waals surface area contributed by atoms with Crippen LogP contribution < -0.4 is 5.32 Å². The SMILES string of the molecule is CCCNC(c1sccc1Br)c1c(Br)nnn1C. The van der Waals surface area contributed by atoms with Crippen LogP contribution >= 0.6 is 43.2 Å². The second-order valence-corrected chi connectivity index (χ2v) is 6.46. The fourth-order valence-corrected chi connectivity index (χ4v) is 3.99. The van der Waals surface area contributed by atoms with Crippen molar-refractivity contribution in [2.45, 2.75) is 19.4 Å². The predicted molar refractivity (Wildman–Crippen MR) is 80.9 cm³/mol. The lowest BCUT2D eigenvalue weighted by Gasteiger charge is -2.18. The molecule has 18 heavy (non-hydrogen) atoms. The molecule has 0 saturated heterocycles. The number of thiophene rings is 1. The van der Waals surface area contributed by atoms with Gasteiger partial charge in [0.15, 0.2) is 4.60 Å². The average molecular weight is 394 g/mol. The second kappa shape index (κ2) is 6.27. The monoisotopic (exact) mass is 392 g/mol. The summed E-state index contributed by atoms with van der Waals surface area (Å²) in [6.07, 6.45) is 1.09. The van der Waals surface area contributed by atoms with Gasteiger partial charge in [-0.2, -0.15) is 0 Å². The van der Waals surface area contributed by atoms with E-state index < -0.39 is 0 Å². The zero-order chi connectivity index (χ0) is 13.1. The molecule has 0 radical (unpaired) electrons. The summed E-state index contributed by atoms with van der Waals surface area (Å²) in [6.45, 7) is 3.11. The fourth-order valence-electron chi connectivity index (χ4n) is 1.76. The standard InChI is InChI=1S/C11H14Br2N4S/c1-3-5-14-8(10-7(12)4-6-18-10)9-11(13)15-16-17(9)2/h4,6,8,14H,3,5H2,1-2H3. The van der Waals surface area contributed by atoms with Gasteiger partial charge in [0.25, 0.3) is 0 Å². The first-order valence-corrected chi connectivity index (χ1v) is 8.13. The molecule has 98 valence electrons. The first kappa shape index (κ1) is 14.2. The van der Waals surface area contributed by atoms with Crippen LogP contribution in [-0.2, 0) is 7.05 Å². The van der Waals surface area contributed by atoms with E-state index in [-0.39, 0.29) is 6.04 Å². The Bertz CT molecular complexity index is 503. The summed E-state index contributed by atoms with van der Waals surface area (Å²) < 4.78 is 3.72. The maximum atomic E-state index is 4.06. The van der Waals surface area contributed by atoms with Crippen molar-refractivity contribution in [2.75, 3.05) is 6.54 Å². The van der Waals surface area contributed by atoms with Gasteiger partial charge >= 0.3 is 0 Å². The zero-order valence-corrected chi connectivity index (χ0v) is 14.1. The van der Waals surface area contributed by atoms with Gasteiger partial charge < -0.3 is 5.32 Å². The van der Waals surface area contributed by atoms with Crippen LogP contribution in [0.1, 0.15) is 30.0 Å². The van der Waals surface area contributed by atoms with Crippen LogP contribution in [0.3, 0.4) is 0 Å². The number of aryl methyl sites for hydroxylation is 1. The number of nitrogens with one attached hydrogen (secondary N) is 1. The molecule has 1 N–H and O–H groups in total. The molecular formula is C11H14Br2N4S. The molecule has 2 rings (SSSR count). The molecular weight excluding hydrogens is 380 g/mol. The van der Waals surface area contributed by atoms with E-state index in [1.54, 1.807) is 11.3 Å². The summed E-state index contributed by atoms with van der Waals surface area (Å²) in [4.78, 5) is 1.24. The highest BCUT2D eigenvalue weighted by Crippen LogP contribution is 2.35. The molecule has 0 aromatic carbocycles. The minimum atomic E-state index is 0.105. The van der Waals surface area contributed by atoms with Crippen molar-refractivity contribution < 1.29 is 0 Å². The van der Waals surface area contributed by atoms with E-state index in [4.69, 9.17) is 0 Å². The first-order chi connectivity index (χ1) is 8.65. The molecule has 0 bridgehead atoms. The van der Waals surface area contributed by atoms with Gasteiger partial charge in [-0.05, 0) is 56.3 Å². The molecule has 0 aliphatic heterocycles. The van der Waals surface area contributed by atoms with Crippen LogP contribution in [-0.4, -0.2) is 21.5 Å². The van der Waals surface area contributed by atoms with Crippen LogP contribution in [0.15, 0.2) is 20.5 Å². The molecule has 2 aromatic rings. The Labute approximate surface area is 127 Å². The third-order valence-electron chi connectivity index (χ3n) is 2.61. The van der Waals surface area contributed by atoms with Crippen molar-refractivity contribution in [3.8, 4) is 0 Å². The summed E-state index contributed by atoms with van der Waals surface area (Å²) in [5.74, 6) is 0. The summed E-state index contributed by atoms with van der Waals surface area (Å²) in [5.41, 5.74) is 1.05. The lowest BCUT2D eigenvalue weighted by Crippen LogP contribution is -2.25. The zero-order valence-electron chi connectivity index (χ0n) is 10.2. The topological polar surface area (TPSA) is 42.7 Å². The summed E-state index contributed by atoms with van der Waals surface area (Å²) in [5, 5.41) is 13.7. The summed E-state index contributed by atoms with van der Waals surface area (Å²) in [7, 11) is 1.91. The molecule has 4 nitrogen and oxygen atoms in total. The van der Waals surface area contributed by atoms with Crippen LogP contribution in [0, 0.1) is 0 Å². The molecule has 2 heterocycles. The summed E-state index contributed by atoms with van der Waals surface area (Å²) in [6, 6.07) is 2.17. The lowest BCUT2D eigenvalue weighted by molar-refractivity contribution is 0.554. The highest BCUT2D eigenvalue weighted by Gasteiger charge is 2.24. The Morgan fingerprint density at radius 3 is 2.78 bits per heavy atom. The van der Waals surface area contributed by atoms with Gasteiger partial charge in [0.1, 0.15) is 0 Å². The van der Waals surface area contributed by atoms with E-state index in [9.17, 15) is 0 Å². The molecule has 1 unspecified atom stereocenters. The molecule has 2 aromatic heterocycles. The Morgan fingerprint density at radius 2 is 2.28 bits per heavy atom. The number of hydrogen-bond acceptors (Lipinski definition) is 4. The Morgan fingerprint density at radius 1 is 1.50 bits per heavy atom. The van der Waals surface area contributed by atoms with E-state index in [1.807, 2.05) is 11.7 Å². The van der Waals surface area contributed by atoms with Crippen molar-refractivity contribution in [2.24, 2.45) is 7.05 Å². The first-order valence-electron chi connectivity index (χ1n) is 5.66. The molecule has 0 saturated carbocycles. The molecule has 0 fully saturated rings.